The van der Waals surface area contributed by atoms with Crippen LogP contribution in [0.2, 0.25) is 0 Å². The Morgan fingerprint density at radius 1 is 0.902 bits per heavy atom. The zero-order valence-electron chi connectivity index (χ0n) is 21.0. The summed E-state index contributed by atoms with van der Waals surface area (Å²) in [4.78, 5) is 24.1. The van der Waals surface area contributed by atoms with Gasteiger partial charge in [-0.3, -0.25) is 4.79 Å². The van der Waals surface area contributed by atoms with E-state index >= 15 is 0 Å². The van der Waals surface area contributed by atoms with E-state index in [0.29, 0.717) is 6.07 Å². The number of sulfone groups is 1. The molecule has 0 unspecified atom stereocenters. The predicted octanol–water partition coefficient (Wildman–Crippen LogP) is 4.47. The van der Waals surface area contributed by atoms with Crippen molar-refractivity contribution in [2.75, 3.05) is 26.2 Å². The number of urea groups is 1. The van der Waals surface area contributed by atoms with E-state index in [0.717, 1.165) is 29.2 Å². The first kappa shape index (κ1) is 32.0. The topological polar surface area (TPSA) is 95.6 Å². The second-order valence-electron chi connectivity index (χ2n) is 9.19. The summed E-state index contributed by atoms with van der Waals surface area (Å²) in [5.41, 5.74) is -9.20. The van der Waals surface area contributed by atoms with Gasteiger partial charge < -0.3 is 15.5 Å². The molecule has 1 aliphatic rings. The minimum absolute atomic E-state index is 0.00397. The molecule has 2 aromatic rings. The molecule has 1 heterocycles. The molecule has 1 atom stereocenters. The lowest BCUT2D eigenvalue weighted by Gasteiger charge is -2.33. The highest BCUT2D eigenvalue weighted by Crippen LogP contribution is 2.54. The number of hydrogen-bond acceptors (Lipinski definition) is 4. The summed E-state index contributed by atoms with van der Waals surface area (Å²) < 4.78 is 148. The first-order valence-corrected chi connectivity index (χ1v) is 13.2. The summed E-state index contributed by atoms with van der Waals surface area (Å²) in [6, 6.07) is 2.72. The second kappa shape index (κ2) is 11.1. The van der Waals surface area contributed by atoms with E-state index in [1.807, 2.05) is 0 Å². The number of carbonyl (C=O) groups is 2. The molecular weight excluding hydrogens is 597 g/mol. The fourth-order valence-electron chi connectivity index (χ4n) is 4.47. The third-order valence-corrected chi connectivity index (χ3v) is 9.07. The number of likely N-dealkylation sites (tertiary alicyclic amines) is 1. The van der Waals surface area contributed by atoms with Gasteiger partial charge >= 0.3 is 24.1 Å². The summed E-state index contributed by atoms with van der Waals surface area (Å²) >= 11 is 0. The number of rotatable bonds is 7. The van der Waals surface area contributed by atoms with Gasteiger partial charge in [-0.05, 0) is 42.3 Å². The van der Waals surface area contributed by atoms with Crippen LogP contribution in [0.15, 0.2) is 47.4 Å². The number of nitrogens with zero attached hydrogens (tertiary/aromatic N) is 1. The fraction of sp³-hybridized carbons (Fsp3) is 0.417. The molecule has 7 nitrogen and oxygen atoms in total. The van der Waals surface area contributed by atoms with Crippen molar-refractivity contribution in [1.82, 2.24) is 15.5 Å². The minimum atomic E-state index is -6.62. The maximum atomic E-state index is 15.0. The number of halogens is 9. The molecule has 1 aliphatic heterocycles. The molecule has 3 rings (SSSR count). The molecule has 17 heteroatoms. The van der Waals surface area contributed by atoms with Crippen molar-refractivity contribution in [3.63, 3.8) is 0 Å². The molecule has 0 aliphatic carbocycles. The van der Waals surface area contributed by atoms with Crippen LogP contribution in [-0.4, -0.2) is 63.8 Å². The van der Waals surface area contributed by atoms with Gasteiger partial charge in [0.2, 0.25) is 5.91 Å². The smallest absolute Gasteiger partial charge is 0.355 e. The Hall–Kier alpha value is -3.50. The van der Waals surface area contributed by atoms with Gasteiger partial charge in [-0.1, -0.05) is 12.1 Å². The molecule has 0 bridgehead atoms. The summed E-state index contributed by atoms with van der Waals surface area (Å²) in [5.74, 6) is -3.56. The third-order valence-electron chi connectivity index (χ3n) is 6.58. The van der Waals surface area contributed by atoms with Gasteiger partial charge in [0.1, 0.15) is 16.4 Å². The lowest BCUT2D eigenvalue weighted by atomic mass is 9.89. The Morgan fingerprint density at radius 3 is 1.98 bits per heavy atom. The van der Waals surface area contributed by atoms with Crippen LogP contribution in [0.5, 0.6) is 0 Å². The molecule has 0 radical (unpaired) electrons. The SMILES string of the molecule is CC(=O)NCCNC(=O)N1CC[C@](c2ccc(C(F)(C(F)(F)F)C(F)(F)F)c(F)c2)(S(=O)(=O)c2ccc(F)cc2)C1. The van der Waals surface area contributed by atoms with Crippen LogP contribution in [0, 0.1) is 11.6 Å². The van der Waals surface area contributed by atoms with E-state index in [1.165, 1.54) is 6.92 Å². The normalized spacial score (nSPS) is 18.3. The maximum Gasteiger partial charge on any atom is 0.436 e. The molecule has 0 aromatic heterocycles. The average Bonchev–Trinajstić information content (AvgIpc) is 3.32. The quantitative estimate of drug-likeness (QED) is 0.272. The van der Waals surface area contributed by atoms with Gasteiger partial charge in [-0.15, -0.1) is 0 Å². The van der Waals surface area contributed by atoms with E-state index in [1.54, 1.807) is 0 Å². The highest BCUT2D eigenvalue weighted by molar-refractivity contribution is 7.92. The lowest BCUT2D eigenvalue weighted by Crippen LogP contribution is -2.51. The van der Waals surface area contributed by atoms with Gasteiger partial charge in [0.25, 0.3) is 0 Å². The van der Waals surface area contributed by atoms with Crippen LogP contribution < -0.4 is 10.6 Å². The average molecular weight is 620 g/mol. The maximum absolute atomic E-state index is 15.0. The minimum Gasteiger partial charge on any atom is -0.355 e. The van der Waals surface area contributed by atoms with E-state index in [2.05, 4.69) is 10.6 Å². The number of amides is 3. The van der Waals surface area contributed by atoms with Crippen molar-refractivity contribution in [1.29, 1.82) is 0 Å². The zero-order chi connectivity index (χ0) is 31.0. The van der Waals surface area contributed by atoms with Crippen molar-refractivity contribution in [3.8, 4) is 0 Å². The van der Waals surface area contributed by atoms with E-state index in [4.69, 9.17) is 0 Å². The second-order valence-corrected chi connectivity index (χ2v) is 11.4. The van der Waals surface area contributed by atoms with Crippen LogP contribution in [0.1, 0.15) is 24.5 Å². The van der Waals surface area contributed by atoms with E-state index < -0.39 is 85.2 Å². The van der Waals surface area contributed by atoms with Crippen molar-refractivity contribution in [3.05, 3.63) is 65.2 Å². The highest BCUT2D eigenvalue weighted by Gasteiger charge is 2.74. The lowest BCUT2D eigenvalue weighted by molar-refractivity contribution is -0.349. The first-order chi connectivity index (χ1) is 18.8. The van der Waals surface area contributed by atoms with Gasteiger partial charge in [0, 0.05) is 38.7 Å². The largest absolute Gasteiger partial charge is 0.436 e. The van der Waals surface area contributed by atoms with Crippen molar-refractivity contribution in [2.45, 2.75) is 41.0 Å². The first-order valence-electron chi connectivity index (χ1n) is 11.7. The molecule has 0 spiro atoms. The molecular formula is C24H22F9N3O4S. The van der Waals surface area contributed by atoms with E-state index in [-0.39, 0.29) is 31.8 Å². The van der Waals surface area contributed by atoms with Crippen LogP contribution in [0.4, 0.5) is 44.3 Å². The van der Waals surface area contributed by atoms with Gasteiger partial charge in [-0.25, -0.2) is 26.4 Å². The summed E-state index contributed by atoms with van der Waals surface area (Å²) in [7, 11) is -4.75. The molecule has 2 aromatic carbocycles. The number of benzene rings is 2. The third kappa shape index (κ3) is 5.81. The molecule has 1 fully saturated rings. The summed E-state index contributed by atoms with van der Waals surface area (Å²) in [5, 5.41) is 4.79. The number of hydrogen-bond donors (Lipinski definition) is 2. The van der Waals surface area contributed by atoms with E-state index in [9.17, 15) is 57.5 Å². The molecule has 226 valence electrons. The highest BCUT2D eigenvalue weighted by atomic mass is 32.2. The Balaban J connectivity index is 2.11. The zero-order valence-corrected chi connectivity index (χ0v) is 21.8. The molecule has 0 saturated carbocycles. The monoisotopic (exact) mass is 619 g/mol. The molecule has 41 heavy (non-hydrogen) atoms. The predicted molar refractivity (Wildman–Crippen MR) is 125 cm³/mol. The van der Waals surface area contributed by atoms with Crippen LogP contribution in [-0.2, 0) is 25.0 Å². The Kier molecular flexibility index (Phi) is 8.64. The van der Waals surface area contributed by atoms with Gasteiger partial charge in [0.05, 0.1) is 4.90 Å². The van der Waals surface area contributed by atoms with Crippen molar-refractivity contribution < 1.29 is 57.5 Å². The molecule has 2 N–H and O–H groups in total. The Labute approximate surface area is 227 Å². The standard InChI is InChI=1S/C24H22F9N3O4S/c1-14(37)34-9-10-35-20(38)36-11-8-21(13-36,41(39,40)17-5-3-16(25)4-6-17)15-2-7-18(19(26)12-15)22(27,23(28,29)30)24(31,32)33/h2-7,12H,8-11,13H2,1H3,(H,34,37)(H,35,38)/t21-/m0/s1. The Morgan fingerprint density at radius 2 is 1.46 bits per heavy atom. The van der Waals surface area contributed by atoms with Crippen LogP contribution >= 0.6 is 0 Å². The number of nitrogens with one attached hydrogen (secondary N) is 2. The fourth-order valence-corrected chi connectivity index (χ4v) is 6.54. The van der Waals surface area contributed by atoms with Crippen LogP contribution in [0.25, 0.3) is 0 Å². The van der Waals surface area contributed by atoms with Crippen LogP contribution in [0.3, 0.4) is 0 Å². The number of alkyl halides is 7. The molecule has 3 amide bonds. The molecule has 1 saturated heterocycles. The summed E-state index contributed by atoms with van der Waals surface area (Å²) in [6.07, 6.45) is -13.8. The van der Waals surface area contributed by atoms with Crippen molar-refractivity contribution >= 4 is 21.8 Å². The van der Waals surface area contributed by atoms with Crippen molar-refractivity contribution in [2.24, 2.45) is 0 Å². The Bertz CT molecular complexity index is 1400. The van der Waals surface area contributed by atoms with Gasteiger partial charge in [0.15, 0.2) is 9.84 Å². The number of carbonyl (C=O) groups excluding carboxylic acids is 2. The van der Waals surface area contributed by atoms with Gasteiger partial charge in [-0.2, -0.15) is 26.3 Å². The summed E-state index contributed by atoms with van der Waals surface area (Å²) in [6.45, 7) is 0.0514.